The normalized spacial score (nSPS) is 26.2. The molecule has 0 radical (unpaired) electrons. The number of aromatic nitrogens is 3. The molecule has 1 aliphatic heterocycles. The van der Waals surface area contributed by atoms with Crippen LogP contribution in [-0.4, -0.2) is 51.2 Å². The topological polar surface area (TPSA) is 91.2 Å². The molecule has 2 aromatic rings. The third-order valence-corrected chi connectivity index (χ3v) is 5.93. The van der Waals surface area contributed by atoms with E-state index in [1.807, 2.05) is 12.4 Å². The fourth-order valence-corrected chi connectivity index (χ4v) is 4.43. The zero-order valence-electron chi connectivity index (χ0n) is 16.5. The van der Waals surface area contributed by atoms with Gasteiger partial charge in [-0.3, -0.25) is 4.79 Å². The Kier molecular flexibility index (Phi) is 5.71. The molecule has 4 atom stereocenters. The summed E-state index contributed by atoms with van der Waals surface area (Å²) in [5.41, 5.74) is 1.29. The quantitative estimate of drug-likeness (QED) is 0.799. The van der Waals surface area contributed by atoms with Crippen molar-refractivity contribution in [1.82, 2.24) is 20.3 Å². The van der Waals surface area contributed by atoms with Crippen molar-refractivity contribution >= 4 is 11.9 Å². The van der Waals surface area contributed by atoms with Gasteiger partial charge in [-0.1, -0.05) is 13.3 Å². The smallest absolute Gasteiger partial charge is 0.270 e. The van der Waals surface area contributed by atoms with Crippen LogP contribution in [0.3, 0.4) is 0 Å². The summed E-state index contributed by atoms with van der Waals surface area (Å²) in [6.07, 6.45) is 7.52. The van der Waals surface area contributed by atoms with E-state index in [0.29, 0.717) is 24.7 Å². The first-order valence-electron chi connectivity index (χ1n) is 10.2. The third kappa shape index (κ3) is 4.37. The van der Waals surface area contributed by atoms with E-state index in [-0.39, 0.29) is 11.7 Å². The molecule has 1 saturated heterocycles. The molecule has 1 amide bonds. The van der Waals surface area contributed by atoms with Crippen LogP contribution < -0.4 is 10.2 Å². The minimum absolute atomic E-state index is 0.148. The summed E-state index contributed by atoms with van der Waals surface area (Å²) in [5, 5.41) is 13.4. The van der Waals surface area contributed by atoms with E-state index in [4.69, 9.17) is 0 Å². The fraction of sp³-hybridized carbons (Fsp3) is 0.524. The lowest BCUT2D eigenvalue weighted by Crippen LogP contribution is -2.49. The van der Waals surface area contributed by atoms with E-state index >= 15 is 0 Å². The van der Waals surface area contributed by atoms with Gasteiger partial charge in [0.2, 0.25) is 5.95 Å². The highest BCUT2D eigenvalue weighted by Gasteiger charge is 2.42. The summed E-state index contributed by atoms with van der Waals surface area (Å²) in [6, 6.07) is 2.21. The van der Waals surface area contributed by atoms with Gasteiger partial charge in [-0.15, -0.1) is 0 Å². The van der Waals surface area contributed by atoms with Gasteiger partial charge in [0.25, 0.3) is 5.91 Å². The molecule has 0 spiro atoms. The molecular weight excluding hydrogens is 373 g/mol. The van der Waals surface area contributed by atoms with Crippen molar-refractivity contribution in [2.45, 2.75) is 44.8 Å². The summed E-state index contributed by atoms with van der Waals surface area (Å²) in [4.78, 5) is 27.4. The van der Waals surface area contributed by atoms with E-state index in [1.165, 1.54) is 12.1 Å². The Morgan fingerprint density at radius 1 is 1.17 bits per heavy atom. The molecule has 2 aliphatic rings. The molecule has 0 aromatic carbocycles. The number of halogens is 1. The number of hydrogen-bond donors (Lipinski definition) is 2. The average molecular weight is 399 g/mol. The Morgan fingerprint density at radius 3 is 2.55 bits per heavy atom. The van der Waals surface area contributed by atoms with Crippen molar-refractivity contribution in [2.24, 2.45) is 11.8 Å². The zero-order chi connectivity index (χ0) is 20.4. The minimum atomic E-state index is -0.617. The molecule has 29 heavy (non-hydrogen) atoms. The lowest BCUT2D eigenvalue weighted by atomic mass is 9.77. The van der Waals surface area contributed by atoms with E-state index in [9.17, 15) is 14.3 Å². The number of fused-ring (bicyclic) bond motifs is 1. The largest absolute Gasteiger partial charge is 0.391 e. The molecule has 2 N–H and O–H groups in total. The van der Waals surface area contributed by atoms with Crippen LogP contribution >= 0.6 is 0 Å². The number of carbonyl (C=O) groups is 1. The molecule has 7 nitrogen and oxygen atoms in total. The maximum Gasteiger partial charge on any atom is 0.270 e. The monoisotopic (exact) mass is 399 g/mol. The van der Waals surface area contributed by atoms with Gasteiger partial charge in [0.05, 0.1) is 18.3 Å². The van der Waals surface area contributed by atoms with Gasteiger partial charge < -0.3 is 15.3 Å². The van der Waals surface area contributed by atoms with Crippen LogP contribution in [0.4, 0.5) is 10.3 Å². The van der Waals surface area contributed by atoms with Crippen molar-refractivity contribution in [3.05, 3.63) is 47.8 Å². The van der Waals surface area contributed by atoms with Crippen molar-refractivity contribution < 1.29 is 14.3 Å². The predicted molar refractivity (Wildman–Crippen MR) is 106 cm³/mol. The Hall–Kier alpha value is -2.61. The highest BCUT2D eigenvalue weighted by Crippen LogP contribution is 2.37. The van der Waals surface area contributed by atoms with Crippen LogP contribution in [0.2, 0.25) is 0 Å². The highest BCUT2D eigenvalue weighted by atomic mass is 19.1. The molecule has 154 valence electrons. The van der Waals surface area contributed by atoms with Crippen LogP contribution in [-0.2, 0) is 6.42 Å². The zero-order valence-corrected chi connectivity index (χ0v) is 16.5. The lowest BCUT2D eigenvalue weighted by Gasteiger charge is -2.35. The maximum absolute atomic E-state index is 13.0. The summed E-state index contributed by atoms with van der Waals surface area (Å²) in [7, 11) is 0. The standard InChI is InChI=1S/C21H26FN5O2/c1-2-3-13-8-24-21(25-9-13)27-11-14-6-18(19(28)7-15(14)12-27)26-20(29)17-5-4-16(22)10-23-17/h4-5,8-10,14-15,18-19,28H,2-3,6-7,11-12H2,1H3,(H,26,29)/t14-,15+,18-,19-/m0/s1. The van der Waals surface area contributed by atoms with Crippen molar-refractivity contribution in [1.29, 1.82) is 0 Å². The molecule has 2 fully saturated rings. The summed E-state index contributed by atoms with van der Waals surface area (Å²) >= 11 is 0. The number of rotatable bonds is 5. The second kappa shape index (κ2) is 8.41. The first kappa shape index (κ1) is 19.7. The van der Waals surface area contributed by atoms with Crippen LogP contribution in [0, 0.1) is 17.7 Å². The molecule has 2 aromatic heterocycles. The third-order valence-electron chi connectivity index (χ3n) is 5.93. The second-order valence-electron chi connectivity index (χ2n) is 8.05. The molecular formula is C21H26FN5O2. The van der Waals surface area contributed by atoms with Gasteiger partial charge in [0.15, 0.2) is 0 Å². The summed E-state index contributed by atoms with van der Waals surface area (Å²) in [6.45, 7) is 3.76. The molecule has 8 heteroatoms. The lowest BCUT2D eigenvalue weighted by molar-refractivity contribution is 0.0460. The Bertz CT molecular complexity index is 845. The van der Waals surface area contributed by atoms with E-state index in [1.54, 1.807) is 0 Å². The summed E-state index contributed by atoms with van der Waals surface area (Å²) < 4.78 is 13.0. The van der Waals surface area contributed by atoms with Gasteiger partial charge in [-0.25, -0.2) is 19.3 Å². The number of nitrogens with zero attached hydrogens (tertiary/aromatic N) is 4. The highest BCUT2D eigenvalue weighted by molar-refractivity contribution is 5.92. The fourth-order valence-electron chi connectivity index (χ4n) is 4.43. The van der Waals surface area contributed by atoms with Crippen molar-refractivity contribution in [2.75, 3.05) is 18.0 Å². The van der Waals surface area contributed by atoms with Gasteiger partial charge in [-0.05, 0) is 48.8 Å². The van der Waals surface area contributed by atoms with Crippen LogP contribution in [0.15, 0.2) is 30.7 Å². The number of amides is 1. The Morgan fingerprint density at radius 2 is 1.90 bits per heavy atom. The van der Waals surface area contributed by atoms with Crippen LogP contribution in [0.25, 0.3) is 0 Å². The predicted octanol–water partition coefficient (Wildman–Crippen LogP) is 1.97. The van der Waals surface area contributed by atoms with E-state index in [2.05, 4.69) is 32.1 Å². The minimum Gasteiger partial charge on any atom is -0.391 e. The van der Waals surface area contributed by atoms with Crippen molar-refractivity contribution in [3.63, 3.8) is 0 Å². The molecule has 3 heterocycles. The molecule has 0 unspecified atom stereocenters. The molecule has 1 aliphatic carbocycles. The number of hydrogen-bond acceptors (Lipinski definition) is 6. The molecule has 4 rings (SSSR count). The number of carbonyl (C=O) groups excluding carboxylic acids is 1. The molecule has 0 bridgehead atoms. The number of anilines is 1. The number of aryl methyl sites for hydroxylation is 1. The van der Waals surface area contributed by atoms with Gasteiger partial charge in [-0.2, -0.15) is 0 Å². The number of nitrogens with one attached hydrogen (secondary N) is 1. The van der Waals surface area contributed by atoms with Gasteiger partial charge in [0, 0.05) is 25.5 Å². The number of pyridine rings is 1. The number of aliphatic hydroxyl groups excluding tert-OH is 1. The van der Waals surface area contributed by atoms with Gasteiger partial charge >= 0.3 is 0 Å². The van der Waals surface area contributed by atoms with Crippen molar-refractivity contribution in [3.8, 4) is 0 Å². The van der Waals surface area contributed by atoms with E-state index < -0.39 is 17.8 Å². The Labute approximate surface area is 169 Å². The first-order valence-corrected chi connectivity index (χ1v) is 10.2. The Balaban J connectivity index is 1.38. The maximum atomic E-state index is 13.0. The summed E-state index contributed by atoms with van der Waals surface area (Å²) in [5.74, 6) is 0.546. The second-order valence-corrected chi connectivity index (χ2v) is 8.05. The first-order chi connectivity index (χ1) is 14.0. The van der Waals surface area contributed by atoms with Crippen LogP contribution in [0.1, 0.15) is 42.2 Å². The number of aliphatic hydroxyl groups is 1. The molecule has 1 saturated carbocycles. The van der Waals surface area contributed by atoms with Gasteiger partial charge in [0.1, 0.15) is 11.5 Å². The average Bonchev–Trinajstić information content (AvgIpc) is 3.12. The SMILES string of the molecule is CCCc1cnc(N2C[C@H]3C[C@H](O)[C@@H](NC(=O)c4ccc(F)cn4)C[C@H]3C2)nc1. The van der Waals surface area contributed by atoms with E-state index in [0.717, 1.165) is 43.6 Å². The van der Waals surface area contributed by atoms with Crippen LogP contribution in [0.5, 0.6) is 0 Å².